The van der Waals surface area contributed by atoms with E-state index in [0.717, 1.165) is 5.56 Å². The molecule has 0 aliphatic carbocycles. The summed E-state index contributed by atoms with van der Waals surface area (Å²) in [6.07, 6.45) is 0. The molecular formula is C12H10ClN3O. The highest BCUT2D eigenvalue weighted by molar-refractivity contribution is 6.30. The Morgan fingerprint density at radius 2 is 1.88 bits per heavy atom. The van der Waals surface area contributed by atoms with Crippen molar-refractivity contribution in [3.05, 3.63) is 46.9 Å². The van der Waals surface area contributed by atoms with Gasteiger partial charge in [0.2, 0.25) is 5.82 Å². The van der Waals surface area contributed by atoms with Gasteiger partial charge in [-0.1, -0.05) is 23.7 Å². The molecule has 2 aromatic rings. The van der Waals surface area contributed by atoms with Gasteiger partial charge < -0.3 is 5.73 Å². The first-order valence-corrected chi connectivity index (χ1v) is 5.35. The zero-order valence-electron chi connectivity index (χ0n) is 9.14. The molecule has 0 radical (unpaired) electrons. The molecule has 5 heteroatoms. The number of aromatic nitrogens is 2. The van der Waals surface area contributed by atoms with Crippen molar-refractivity contribution in [1.29, 1.82) is 0 Å². The van der Waals surface area contributed by atoms with Gasteiger partial charge in [0.15, 0.2) is 0 Å². The van der Waals surface area contributed by atoms with Gasteiger partial charge in [0.1, 0.15) is 0 Å². The Morgan fingerprint density at radius 3 is 2.47 bits per heavy atom. The molecule has 0 saturated carbocycles. The van der Waals surface area contributed by atoms with Crippen molar-refractivity contribution in [2.45, 2.75) is 6.92 Å². The summed E-state index contributed by atoms with van der Waals surface area (Å²) in [7, 11) is 0. The van der Waals surface area contributed by atoms with Gasteiger partial charge in [0.25, 0.3) is 5.91 Å². The second kappa shape index (κ2) is 4.51. The molecule has 2 rings (SSSR count). The molecule has 0 atom stereocenters. The van der Waals surface area contributed by atoms with Gasteiger partial charge in [-0.25, -0.2) is 9.97 Å². The van der Waals surface area contributed by atoms with Crippen molar-refractivity contribution in [3.8, 4) is 11.3 Å². The predicted octanol–water partition coefficient (Wildman–Crippen LogP) is 2.20. The summed E-state index contributed by atoms with van der Waals surface area (Å²) in [6, 6.07) is 8.97. The number of halogens is 1. The average Bonchev–Trinajstić information content (AvgIpc) is 2.29. The average molecular weight is 248 g/mol. The van der Waals surface area contributed by atoms with Crippen molar-refractivity contribution in [2.75, 3.05) is 0 Å². The molecule has 0 bridgehead atoms. The van der Waals surface area contributed by atoms with Crippen LogP contribution in [0, 0.1) is 6.92 Å². The molecule has 86 valence electrons. The molecule has 4 nitrogen and oxygen atoms in total. The van der Waals surface area contributed by atoms with Gasteiger partial charge in [0.05, 0.1) is 5.69 Å². The number of nitrogens with two attached hydrogens (primary N) is 1. The van der Waals surface area contributed by atoms with Crippen LogP contribution in [0.4, 0.5) is 0 Å². The fourth-order valence-electron chi connectivity index (χ4n) is 1.45. The minimum absolute atomic E-state index is 0.0231. The monoisotopic (exact) mass is 247 g/mol. The molecule has 0 aliphatic rings. The lowest BCUT2D eigenvalue weighted by Crippen LogP contribution is -2.16. The number of carbonyl (C=O) groups is 1. The summed E-state index contributed by atoms with van der Waals surface area (Å²) < 4.78 is 0. The first-order valence-electron chi connectivity index (χ1n) is 4.97. The van der Waals surface area contributed by atoms with Gasteiger partial charge in [-0.05, 0) is 25.1 Å². The highest BCUT2D eigenvalue weighted by atomic mass is 35.5. The van der Waals surface area contributed by atoms with Gasteiger partial charge >= 0.3 is 0 Å². The van der Waals surface area contributed by atoms with Crippen LogP contribution in [0.3, 0.4) is 0 Å². The van der Waals surface area contributed by atoms with Crippen molar-refractivity contribution in [3.63, 3.8) is 0 Å². The van der Waals surface area contributed by atoms with Crippen LogP contribution in [-0.4, -0.2) is 15.9 Å². The first-order chi connectivity index (χ1) is 8.06. The highest BCUT2D eigenvalue weighted by Gasteiger charge is 2.08. The van der Waals surface area contributed by atoms with E-state index in [1.807, 2.05) is 12.1 Å². The maximum atomic E-state index is 11.1. The van der Waals surface area contributed by atoms with Crippen molar-refractivity contribution in [2.24, 2.45) is 5.73 Å². The highest BCUT2D eigenvalue weighted by Crippen LogP contribution is 2.20. The van der Waals surface area contributed by atoms with E-state index in [0.29, 0.717) is 16.4 Å². The lowest BCUT2D eigenvalue weighted by atomic mass is 10.1. The Morgan fingerprint density at radius 1 is 1.24 bits per heavy atom. The maximum absolute atomic E-state index is 11.1. The second-order valence-corrected chi connectivity index (χ2v) is 4.03. The molecule has 0 unspecified atom stereocenters. The van der Waals surface area contributed by atoms with Crippen LogP contribution in [0.2, 0.25) is 5.02 Å². The Balaban J connectivity index is 2.51. The summed E-state index contributed by atoms with van der Waals surface area (Å²) >= 11 is 5.81. The van der Waals surface area contributed by atoms with Crippen molar-refractivity contribution in [1.82, 2.24) is 9.97 Å². The van der Waals surface area contributed by atoms with Gasteiger partial charge in [-0.3, -0.25) is 4.79 Å². The second-order valence-electron chi connectivity index (χ2n) is 3.59. The molecule has 1 aromatic heterocycles. The van der Waals surface area contributed by atoms with Crippen LogP contribution in [-0.2, 0) is 0 Å². The van der Waals surface area contributed by atoms with E-state index in [4.69, 9.17) is 17.3 Å². The molecular weight excluding hydrogens is 238 g/mol. The summed E-state index contributed by atoms with van der Waals surface area (Å²) in [4.78, 5) is 19.1. The molecule has 0 spiro atoms. The van der Waals surface area contributed by atoms with E-state index in [9.17, 15) is 4.79 Å². The van der Waals surface area contributed by atoms with E-state index in [1.165, 1.54) is 0 Å². The third kappa shape index (κ3) is 2.60. The van der Waals surface area contributed by atoms with E-state index in [-0.39, 0.29) is 5.82 Å². The largest absolute Gasteiger partial charge is 0.363 e. The number of carbonyl (C=O) groups excluding carboxylic acids is 1. The summed E-state index contributed by atoms with van der Waals surface area (Å²) in [5, 5.41) is 0.648. The third-order valence-corrected chi connectivity index (χ3v) is 2.47. The zero-order chi connectivity index (χ0) is 12.4. The number of benzene rings is 1. The minimum atomic E-state index is -0.635. The molecule has 0 fully saturated rings. The minimum Gasteiger partial charge on any atom is -0.363 e. The van der Waals surface area contributed by atoms with E-state index in [1.54, 1.807) is 25.1 Å². The number of aryl methyl sites for hydroxylation is 1. The third-order valence-electron chi connectivity index (χ3n) is 2.21. The number of primary amides is 1. The Kier molecular flexibility index (Phi) is 3.06. The van der Waals surface area contributed by atoms with Crippen LogP contribution in [0.1, 0.15) is 16.3 Å². The van der Waals surface area contributed by atoms with Crippen LogP contribution < -0.4 is 5.73 Å². The molecule has 2 N–H and O–H groups in total. The van der Waals surface area contributed by atoms with Crippen molar-refractivity contribution >= 4 is 17.5 Å². The Bertz CT molecular complexity index is 566. The first kappa shape index (κ1) is 11.5. The molecule has 1 heterocycles. The number of hydrogen-bond acceptors (Lipinski definition) is 3. The van der Waals surface area contributed by atoms with E-state index in [2.05, 4.69) is 9.97 Å². The Hall–Kier alpha value is -1.94. The lowest BCUT2D eigenvalue weighted by Gasteiger charge is -2.04. The summed E-state index contributed by atoms with van der Waals surface area (Å²) in [6.45, 7) is 1.79. The maximum Gasteiger partial charge on any atom is 0.286 e. The molecule has 17 heavy (non-hydrogen) atoms. The fourth-order valence-corrected chi connectivity index (χ4v) is 1.57. The number of nitrogens with zero attached hydrogens (tertiary/aromatic N) is 2. The zero-order valence-corrected chi connectivity index (χ0v) is 9.90. The normalized spacial score (nSPS) is 10.2. The number of rotatable bonds is 2. The number of hydrogen-bond donors (Lipinski definition) is 1. The van der Waals surface area contributed by atoms with Crippen LogP contribution in [0.5, 0.6) is 0 Å². The van der Waals surface area contributed by atoms with Gasteiger partial charge in [-0.2, -0.15) is 0 Å². The SMILES string of the molecule is Cc1cc(-c2ccc(Cl)cc2)nc(C(N)=O)n1. The molecule has 0 aliphatic heterocycles. The van der Waals surface area contributed by atoms with Crippen LogP contribution >= 0.6 is 11.6 Å². The fraction of sp³-hybridized carbons (Fsp3) is 0.0833. The van der Waals surface area contributed by atoms with E-state index < -0.39 is 5.91 Å². The standard InChI is InChI=1S/C12H10ClN3O/c1-7-6-10(16-12(15-7)11(14)17)8-2-4-9(13)5-3-8/h2-6H,1H3,(H2,14,17). The smallest absolute Gasteiger partial charge is 0.286 e. The molecule has 1 amide bonds. The molecule has 1 aromatic carbocycles. The lowest BCUT2D eigenvalue weighted by molar-refractivity contribution is 0.0990. The predicted molar refractivity (Wildman–Crippen MR) is 65.7 cm³/mol. The number of amides is 1. The van der Waals surface area contributed by atoms with Crippen molar-refractivity contribution < 1.29 is 4.79 Å². The van der Waals surface area contributed by atoms with Gasteiger partial charge in [0, 0.05) is 16.3 Å². The Labute approximate surface area is 103 Å². The van der Waals surface area contributed by atoms with Crippen LogP contribution in [0.25, 0.3) is 11.3 Å². The van der Waals surface area contributed by atoms with Crippen LogP contribution in [0.15, 0.2) is 30.3 Å². The summed E-state index contributed by atoms with van der Waals surface area (Å²) in [5.41, 5.74) is 7.38. The topological polar surface area (TPSA) is 68.9 Å². The van der Waals surface area contributed by atoms with E-state index >= 15 is 0 Å². The van der Waals surface area contributed by atoms with Gasteiger partial charge in [-0.15, -0.1) is 0 Å². The summed E-state index contributed by atoms with van der Waals surface area (Å²) in [5.74, 6) is -0.612. The molecule has 0 saturated heterocycles. The quantitative estimate of drug-likeness (QED) is 0.885.